The normalized spacial score (nSPS) is 10.4. The van der Waals surface area contributed by atoms with Gasteiger partial charge in [-0.05, 0) is 31.2 Å². The molecule has 2 heterocycles. The smallest absolute Gasteiger partial charge is 0.224 e. The number of nitrogens with one attached hydrogen (secondary N) is 2. The topological polar surface area (TPSA) is 94.0 Å². The molecule has 8 nitrogen and oxygen atoms in total. The monoisotopic (exact) mass is 366 g/mol. The molecule has 0 radical (unpaired) electrons. The number of rotatable bonds is 8. The highest BCUT2D eigenvalue weighted by molar-refractivity contribution is 5.79. The predicted octanol–water partition coefficient (Wildman–Crippen LogP) is 1.75. The lowest BCUT2D eigenvalue weighted by molar-refractivity contribution is -0.120. The molecule has 140 valence electrons. The number of aromatic nitrogens is 4. The summed E-state index contributed by atoms with van der Waals surface area (Å²) in [5, 5.41) is 18.5. The number of carbonyl (C=O) groups excluding carboxylic acids is 1. The highest BCUT2D eigenvalue weighted by atomic mass is 16.5. The van der Waals surface area contributed by atoms with E-state index in [2.05, 4.69) is 25.9 Å². The number of amides is 1. The average Bonchev–Trinajstić information content (AvgIpc) is 3.12. The zero-order chi connectivity index (χ0) is 19.1. The van der Waals surface area contributed by atoms with Crippen molar-refractivity contribution in [2.75, 3.05) is 25.5 Å². The van der Waals surface area contributed by atoms with Crippen LogP contribution in [-0.4, -0.2) is 46.1 Å². The summed E-state index contributed by atoms with van der Waals surface area (Å²) < 4.78 is 6.93. The van der Waals surface area contributed by atoms with Crippen LogP contribution < -0.4 is 15.4 Å². The number of hydrogen-bond acceptors (Lipinski definition) is 6. The zero-order valence-electron chi connectivity index (χ0n) is 15.3. The van der Waals surface area contributed by atoms with Crippen LogP contribution in [0.5, 0.6) is 5.75 Å². The Morgan fingerprint density at radius 1 is 1.11 bits per heavy atom. The van der Waals surface area contributed by atoms with Gasteiger partial charge in [0.25, 0.3) is 0 Å². The molecule has 0 saturated carbocycles. The summed E-state index contributed by atoms with van der Waals surface area (Å²) in [6.45, 7) is 2.95. The van der Waals surface area contributed by atoms with Gasteiger partial charge >= 0.3 is 0 Å². The summed E-state index contributed by atoms with van der Waals surface area (Å²) in [4.78, 5) is 12.1. The van der Waals surface area contributed by atoms with E-state index in [4.69, 9.17) is 4.74 Å². The fourth-order valence-electron chi connectivity index (χ4n) is 2.56. The average molecular weight is 366 g/mol. The molecule has 2 aromatic heterocycles. The Balaban J connectivity index is 1.42. The SMILES string of the molecule is COc1ccccc1CC(=O)NCCNc1ccc(-n2ccc(C)n2)nn1. The van der Waals surface area contributed by atoms with Crippen molar-refractivity contribution in [3.8, 4) is 11.6 Å². The Kier molecular flexibility index (Phi) is 5.98. The molecule has 8 heteroatoms. The zero-order valence-corrected chi connectivity index (χ0v) is 15.3. The van der Waals surface area contributed by atoms with Gasteiger partial charge in [-0.25, -0.2) is 4.68 Å². The van der Waals surface area contributed by atoms with Crippen LogP contribution in [0, 0.1) is 6.92 Å². The summed E-state index contributed by atoms with van der Waals surface area (Å²) in [6, 6.07) is 13.1. The largest absolute Gasteiger partial charge is 0.496 e. The molecule has 27 heavy (non-hydrogen) atoms. The third-order valence-corrected chi connectivity index (χ3v) is 3.90. The Morgan fingerprint density at radius 2 is 1.96 bits per heavy atom. The molecule has 0 unspecified atom stereocenters. The fourth-order valence-corrected chi connectivity index (χ4v) is 2.56. The van der Waals surface area contributed by atoms with E-state index in [0.717, 1.165) is 11.3 Å². The fraction of sp³-hybridized carbons (Fsp3) is 0.263. The predicted molar refractivity (Wildman–Crippen MR) is 102 cm³/mol. The molecule has 3 aromatic rings. The minimum absolute atomic E-state index is 0.0585. The molecule has 0 atom stereocenters. The van der Waals surface area contributed by atoms with E-state index in [1.165, 1.54) is 0 Å². The van der Waals surface area contributed by atoms with E-state index in [9.17, 15) is 4.79 Å². The quantitative estimate of drug-likeness (QED) is 0.590. The second-order valence-electron chi connectivity index (χ2n) is 5.94. The lowest BCUT2D eigenvalue weighted by Gasteiger charge is -2.09. The second kappa shape index (κ2) is 8.79. The van der Waals surface area contributed by atoms with Crippen molar-refractivity contribution in [2.45, 2.75) is 13.3 Å². The number of nitrogens with zero attached hydrogens (tertiary/aromatic N) is 4. The number of ether oxygens (including phenoxy) is 1. The van der Waals surface area contributed by atoms with Gasteiger partial charge in [0, 0.05) is 24.8 Å². The van der Waals surface area contributed by atoms with E-state index < -0.39 is 0 Å². The third-order valence-electron chi connectivity index (χ3n) is 3.90. The van der Waals surface area contributed by atoms with Crippen molar-refractivity contribution >= 4 is 11.7 Å². The molecule has 1 amide bonds. The third kappa shape index (κ3) is 5.04. The molecular formula is C19H22N6O2. The highest BCUT2D eigenvalue weighted by Crippen LogP contribution is 2.17. The van der Waals surface area contributed by atoms with Crippen LogP contribution in [0.15, 0.2) is 48.7 Å². The van der Waals surface area contributed by atoms with Crippen molar-refractivity contribution in [1.29, 1.82) is 0 Å². The van der Waals surface area contributed by atoms with Crippen molar-refractivity contribution in [3.63, 3.8) is 0 Å². The minimum Gasteiger partial charge on any atom is -0.496 e. The maximum atomic E-state index is 12.1. The Labute approximate surface area is 157 Å². The van der Waals surface area contributed by atoms with Crippen LogP contribution in [0.1, 0.15) is 11.3 Å². The minimum atomic E-state index is -0.0585. The molecule has 0 saturated heterocycles. The van der Waals surface area contributed by atoms with E-state index in [0.29, 0.717) is 30.5 Å². The lowest BCUT2D eigenvalue weighted by atomic mass is 10.1. The van der Waals surface area contributed by atoms with Gasteiger partial charge < -0.3 is 15.4 Å². The van der Waals surface area contributed by atoms with Gasteiger partial charge in [0.15, 0.2) is 5.82 Å². The first-order valence-corrected chi connectivity index (χ1v) is 8.64. The van der Waals surface area contributed by atoms with Crippen molar-refractivity contribution in [2.24, 2.45) is 0 Å². The number of para-hydroxylation sites is 1. The number of methoxy groups -OCH3 is 1. The standard InChI is InChI=1S/C19H22N6O2/c1-14-9-12-25(24-14)18-8-7-17(22-23-18)20-10-11-21-19(26)13-15-5-3-4-6-16(15)27-2/h3-9,12H,10-11,13H2,1-2H3,(H,20,22)(H,21,26). The van der Waals surface area contributed by atoms with Gasteiger partial charge in [-0.2, -0.15) is 5.10 Å². The number of anilines is 1. The summed E-state index contributed by atoms with van der Waals surface area (Å²) >= 11 is 0. The van der Waals surface area contributed by atoms with Crippen LogP contribution in [0.4, 0.5) is 5.82 Å². The van der Waals surface area contributed by atoms with Crippen LogP contribution in [0.25, 0.3) is 5.82 Å². The van der Waals surface area contributed by atoms with Gasteiger partial charge in [-0.3, -0.25) is 4.79 Å². The first kappa shape index (κ1) is 18.4. The molecule has 0 aliphatic rings. The van der Waals surface area contributed by atoms with E-state index >= 15 is 0 Å². The lowest BCUT2D eigenvalue weighted by Crippen LogP contribution is -2.30. The molecule has 2 N–H and O–H groups in total. The van der Waals surface area contributed by atoms with Crippen LogP contribution in [-0.2, 0) is 11.2 Å². The van der Waals surface area contributed by atoms with E-state index in [1.54, 1.807) is 11.8 Å². The Bertz CT molecular complexity index is 891. The van der Waals surface area contributed by atoms with Crippen molar-refractivity contribution in [3.05, 3.63) is 59.9 Å². The molecule has 3 rings (SSSR count). The summed E-state index contributed by atoms with van der Waals surface area (Å²) in [6.07, 6.45) is 2.12. The molecule has 0 aliphatic carbocycles. The maximum absolute atomic E-state index is 12.1. The number of hydrogen-bond donors (Lipinski definition) is 2. The maximum Gasteiger partial charge on any atom is 0.224 e. The van der Waals surface area contributed by atoms with Crippen LogP contribution in [0.2, 0.25) is 0 Å². The summed E-state index contributed by atoms with van der Waals surface area (Å²) in [7, 11) is 1.60. The molecule has 0 spiro atoms. The van der Waals surface area contributed by atoms with Crippen molar-refractivity contribution < 1.29 is 9.53 Å². The highest BCUT2D eigenvalue weighted by Gasteiger charge is 2.07. The first-order valence-electron chi connectivity index (χ1n) is 8.64. The second-order valence-corrected chi connectivity index (χ2v) is 5.94. The number of carbonyl (C=O) groups is 1. The molecule has 0 bridgehead atoms. The Hall–Kier alpha value is -3.42. The van der Waals surface area contributed by atoms with Crippen molar-refractivity contribution in [1.82, 2.24) is 25.3 Å². The summed E-state index contributed by atoms with van der Waals surface area (Å²) in [5.41, 5.74) is 1.78. The molecule has 1 aromatic carbocycles. The van der Waals surface area contributed by atoms with Gasteiger partial charge in [-0.1, -0.05) is 18.2 Å². The van der Waals surface area contributed by atoms with Gasteiger partial charge in [0.05, 0.1) is 19.2 Å². The molecular weight excluding hydrogens is 344 g/mol. The van der Waals surface area contributed by atoms with Gasteiger partial charge in [0.1, 0.15) is 11.6 Å². The van der Waals surface area contributed by atoms with Gasteiger partial charge in [-0.15, -0.1) is 10.2 Å². The number of benzene rings is 1. The number of aryl methyl sites for hydroxylation is 1. The van der Waals surface area contributed by atoms with E-state index in [-0.39, 0.29) is 12.3 Å². The summed E-state index contributed by atoms with van der Waals surface area (Å²) in [5.74, 6) is 1.95. The van der Waals surface area contributed by atoms with Gasteiger partial charge in [0.2, 0.25) is 5.91 Å². The molecule has 0 aliphatic heterocycles. The van der Waals surface area contributed by atoms with E-state index in [1.807, 2.05) is 55.6 Å². The van der Waals surface area contributed by atoms with Crippen LogP contribution in [0.3, 0.4) is 0 Å². The molecule has 0 fully saturated rings. The first-order chi connectivity index (χ1) is 13.2. The van der Waals surface area contributed by atoms with Crippen LogP contribution >= 0.6 is 0 Å². The Morgan fingerprint density at radius 3 is 2.67 bits per heavy atom.